The van der Waals surface area contributed by atoms with Gasteiger partial charge in [0, 0.05) is 19.3 Å². The fourth-order valence-corrected chi connectivity index (χ4v) is 3.93. The Kier molecular flexibility index (Phi) is 6.48. The lowest BCUT2D eigenvalue weighted by Gasteiger charge is -2.32. The number of anilines is 1. The zero-order valence-corrected chi connectivity index (χ0v) is 16.6. The zero-order chi connectivity index (χ0) is 21.0. The first-order valence-corrected chi connectivity index (χ1v) is 9.89. The lowest BCUT2D eigenvalue weighted by atomic mass is 9.88. The van der Waals surface area contributed by atoms with Gasteiger partial charge >= 0.3 is 12.0 Å². The summed E-state index contributed by atoms with van der Waals surface area (Å²) in [4.78, 5) is 37.8. The zero-order valence-electron chi connectivity index (χ0n) is 16.6. The second kappa shape index (κ2) is 9.04. The average molecular weight is 402 g/mol. The molecule has 156 valence electrons. The van der Waals surface area contributed by atoms with E-state index in [1.165, 1.54) is 10.5 Å². The molecule has 0 saturated carbocycles. The van der Waals surface area contributed by atoms with Crippen LogP contribution in [0.2, 0.25) is 0 Å². The number of carboxylic acids is 1. The third-order valence-corrected chi connectivity index (χ3v) is 5.63. The summed E-state index contributed by atoms with van der Waals surface area (Å²) in [6.07, 6.45) is 2.34. The molecule has 0 spiro atoms. The number of carboxylic acid groups (broad SMARTS) is 1. The first-order valence-electron chi connectivity index (χ1n) is 9.89. The summed E-state index contributed by atoms with van der Waals surface area (Å²) in [7, 11) is 1.81. The summed E-state index contributed by atoms with van der Waals surface area (Å²) in [6.45, 7) is 2.61. The van der Waals surface area contributed by atoms with Crippen LogP contribution in [-0.2, 0) is 9.59 Å². The lowest BCUT2D eigenvalue weighted by Crippen LogP contribution is -2.60. The molecule has 9 heteroatoms. The van der Waals surface area contributed by atoms with Gasteiger partial charge in [-0.2, -0.15) is 4.90 Å². The Bertz CT molecular complexity index is 817. The number of hydrogen-bond donors (Lipinski definition) is 4. The summed E-state index contributed by atoms with van der Waals surface area (Å²) in [6, 6.07) is 5.51. The fourth-order valence-electron chi connectivity index (χ4n) is 3.93. The molecule has 2 aliphatic heterocycles. The van der Waals surface area contributed by atoms with Crippen molar-refractivity contribution in [1.29, 1.82) is 0 Å². The summed E-state index contributed by atoms with van der Waals surface area (Å²) >= 11 is 0. The van der Waals surface area contributed by atoms with Crippen LogP contribution >= 0.6 is 0 Å². The van der Waals surface area contributed by atoms with E-state index in [1.54, 1.807) is 0 Å². The minimum atomic E-state index is -0.762. The van der Waals surface area contributed by atoms with Gasteiger partial charge in [0.25, 0.3) is 5.84 Å². The Morgan fingerprint density at radius 1 is 1.28 bits per heavy atom. The van der Waals surface area contributed by atoms with Gasteiger partial charge in [0.1, 0.15) is 6.54 Å². The number of nitrogens with two attached hydrogens (primary N) is 1. The van der Waals surface area contributed by atoms with Crippen LogP contribution in [0, 0.1) is 0 Å². The van der Waals surface area contributed by atoms with Gasteiger partial charge in [-0.05, 0) is 49.5 Å². The quantitative estimate of drug-likeness (QED) is 0.386. The molecule has 0 bridgehead atoms. The van der Waals surface area contributed by atoms with E-state index in [0.717, 1.165) is 37.2 Å². The lowest BCUT2D eigenvalue weighted by molar-refractivity contribution is -0.137. The van der Waals surface area contributed by atoms with Crippen molar-refractivity contribution < 1.29 is 24.9 Å². The van der Waals surface area contributed by atoms with E-state index < -0.39 is 12.0 Å². The first-order chi connectivity index (χ1) is 13.9. The summed E-state index contributed by atoms with van der Waals surface area (Å²) < 4.78 is 0. The Hall–Kier alpha value is -2.94. The third kappa shape index (κ3) is 4.92. The Morgan fingerprint density at radius 2 is 2.00 bits per heavy atom. The van der Waals surface area contributed by atoms with Gasteiger partial charge in [0.2, 0.25) is 5.91 Å². The molecule has 29 heavy (non-hydrogen) atoms. The minimum absolute atomic E-state index is 0.175. The molecular formula is C20H28N5O4+. The first kappa shape index (κ1) is 20.8. The molecule has 0 unspecified atom stereocenters. The van der Waals surface area contributed by atoms with E-state index >= 15 is 0 Å². The maximum Gasteiger partial charge on any atom is 0.415 e. The number of carbonyl (C=O) groups is 3. The highest BCUT2D eigenvalue weighted by atomic mass is 16.4. The number of amidine groups is 1. The van der Waals surface area contributed by atoms with Crippen molar-refractivity contribution in [2.45, 2.75) is 31.6 Å². The number of carbonyl (C=O) groups excluding carboxylic acids is 2. The molecule has 3 rings (SSSR count). The molecule has 1 aromatic carbocycles. The number of nitrogens with zero attached hydrogens (tertiary/aromatic N) is 2. The molecule has 1 aromatic rings. The second-order valence-electron chi connectivity index (χ2n) is 7.45. The molecule has 2 saturated heterocycles. The van der Waals surface area contributed by atoms with Crippen LogP contribution < -0.4 is 16.0 Å². The van der Waals surface area contributed by atoms with Crippen molar-refractivity contribution in [2.24, 2.45) is 0 Å². The number of likely N-dealkylation sites (tertiary alicyclic amines) is 1. The Balaban J connectivity index is 1.68. The third-order valence-electron chi connectivity index (χ3n) is 5.63. The second-order valence-corrected chi connectivity index (χ2v) is 7.45. The Morgan fingerprint density at radius 3 is 2.62 bits per heavy atom. The molecule has 3 amide bonds. The van der Waals surface area contributed by atoms with Gasteiger partial charge in [0.05, 0.1) is 18.4 Å². The van der Waals surface area contributed by atoms with Crippen molar-refractivity contribution in [2.75, 3.05) is 38.5 Å². The normalized spacial score (nSPS) is 18.4. The number of rotatable bonds is 6. The van der Waals surface area contributed by atoms with Crippen LogP contribution in [0.25, 0.3) is 0 Å². The number of urea groups is 1. The molecule has 0 aliphatic carbocycles. The van der Waals surface area contributed by atoms with Gasteiger partial charge < -0.3 is 15.3 Å². The predicted molar refractivity (Wildman–Crippen MR) is 108 cm³/mol. The highest BCUT2D eigenvalue weighted by molar-refractivity contribution is 6.11. The molecule has 2 heterocycles. The summed E-state index contributed by atoms with van der Waals surface area (Å²) in [5, 5.41) is 20.5. The monoisotopic (exact) mass is 402 g/mol. The largest absolute Gasteiger partial charge is 0.481 e. The molecule has 0 radical (unpaired) electrons. The average Bonchev–Trinajstić information content (AvgIpc) is 2.71. The summed E-state index contributed by atoms with van der Waals surface area (Å²) in [5.74, 6) is -0.344. The number of amides is 3. The molecule has 5 N–H and O–H groups in total. The predicted octanol–water partition coefficient (Wildman–Crippen LogP) is -0.170. The van der Waals surface area contributed by atoms with E-state index in [1.807, 2.05) is 19.2 Å². The van der Waals surface area contributed by atoms with Crippen molar-refractivity contribution in [3.05, 3.63) is 29.3 Å². The molecule has 0 aromatic heterocycles. The SMILES string of the molecule is CNc1cc(C2CCN(CCC(=O)O)CC2)ccc1C(=[NH2+])N1CCC(=O)NC1=O. The van der Waals surface area contributed by atoms with Crippen molar-refractivity contribution in [3.8, 4) is 0 Å². The van der Waals surface area contributed by atoms with E-state index in [2.05, 4.69) is 21.6 Å². The van der Waals surface area contributed by atoms with Gasteiger partial charge in [0.15, 0.2) is 0 Å². The number of benzene rings is 1. The number of imide groups is 1. The van der Waals surface area contributed by atoms with Crippen LogP contribution in [0.4, 0.5) is 10.5 Å². The van der Waals surface area contributed by atoms with Crippen LogP contribution in [0.15, 0.2) is 18.2 Å². The topological polar surface area (TPSA) is 128 Å². The molecule has 2 aliphatic rings. The van der Waals surface area contributed by atoms with E-state index in [-0.39, 0.29) is 25.3 Å². The van der Waals surface area contributed by atoms with Crippen LogP contribution in [0.5, 0.6) is 0 Å². The number of nitrogens with one attached hydrogen (secondary N) is 2. The maximum atomic E-state index is 12.1. The standard InChI is InChI=1S/C20H27N5O4/c1-22-16-12-14(13-4-8-24(9-5-13)10-7-18(27)28)2-3-15(16)19(21)25-11-6-17(26)23-20(25)29/h2-3,12-13,21-22H,4-11H2,1H3,(H,27,28)(H,23,26,29)/p+1. The Labute approximate surface area is 169 Å². The molecule has 2 fully saturated rings. The smallest absolute Gasteiger partial charge is 0.415 e. The fraction of sp³-hybridized carbons (Fsp3) is 0.500. The van der Waals surface area contributed by atoms with E-state index in [9.17, 15) is 14.4 Å². The highest BCUT2D eigenvalue weighted by Crippen LogP contribution is 2.31. The molecular weight excluding hydrogens is 374 g/mol. The van der Waals surface area contributed by atoms with Crippen molar-refractivity contribution >= 4 is 29.4 Å². The van der Waals surface area contributed by atoms with E-state index in [0.29, 0.717) is 18.3 Å². The van der Waals surface area contributed by atoms with Crippen molar-refractivity contribution in [3.63, 3.8) is 0 Å². The minimum Gasteiger partial charge on any atom is -0.481 e. The molecule has 0 atom stereocenters. The van der Waals surface area contributed by atoms with Gasteiger partial charge in [-0.1, -0.05) is 6.07 Å². The molecule has 9 nitrogen and oxygen atoms in total. The highest BCUT2D eigenvalue weighted by Gasteiger charge is 2.34. The van der Waals surface area contributed by atoms with Crippen LogP contribution in [-0.4, -0.2) is 71.9 Å². The van der Waals surface area contributed by atoms with Crippen molar-refractivity contribution in [1.82, 2.24) is 15.1 Å². The maximum absolute atomic E-state index is 12.1. The van der Waals surface area contributed by atoms with Gasteiger partial charge in [-0.25, -0.2) is 4.79 Å². The van der Waals surface area contributed by atoms with E-state index in [4.69, 9.17) is 10.5 Å². The summed E-state index contributed by atoms with van der Waals surface area (Å²) in [5.41, 5.74) is 2.75. The van der Waals surface area contributed by atoms with Crippen LogP contribution in [0.1, 0.15) is 42.7 Å². The van der Waals surface area contributed by atoms with Crippen LogP contribution in [0.3, 0.4) is 0 Å². The number of hydrogen-bond acceptors (Lipinski definition) is 5. The number of piperidine rings is 1. The number of aliphatic carboxylic acids is 1. The van der Waals surface area contributed by atoms with Gasteiger partial charge in [-0.3, -0.25) is 20.3 Å². The van der Waals surface area contributed by atoms with Gasteiger partial charge in [-0.15, -0.1) is 0 Å².